The van der Waals surface area contributed by atoms with Gasteiger partial charge in [-0.2, -0.15) is 10.2 Å². The van der Waals surface area contributed by atoms with Gasteiger partial charge in [0.2, 0.25) is 0 Å². The van der Waals surface area contributed by atoms with Crippen molar-refractivity contribution in [1.82, 2.24) is 29.5 Å². The van der Waals surface area contributed by atoms with Gasteiger partial charge in [0, 0.05) is 44.6 Å². The molecule has 0 amide bonds. The van der Waals surface area contributed by atoms with Crippen molar-refractivity contribution in [3.05, 3.63) is 54.1 Å². The molecule has 0 unspecified atom stereocenters. The summed E-state index contributed by atoms with van der Waals surface area (Å²) in [7, 11) is 5.15. The van der Waals surface area contributed by atoms with E-state index in [0.29, 0.717) is 58.7 Å². The number of ketones is 1. The number of para-hydroxylation sites is 1. The number of hydrogen-bond donors (Lipinski definition) is 2. The van der Waals surface area contributed by atoms with Crippen molar-refractivity contribution >= 4 is 28.8 Å². The Morgan fingerprint density at radius 3 is 2.58 bits per heavy atom. The van der Waals surface area contributed by atoms with E-state index in [9.17, 15) is 4.79 Å². The van der Waals surface area contributed by atoms with Crippen LogP contribution in [0.1, 0.15) is 48.3 Å². The second-order valence-electron chi connectivity index (χ2n) is 9.37. The van der Waals surface area contributed by atoms with Gasteiger partial charge in [-0.05, 0) is 31.9 Å². The lowest BCUT2D eigenvalue weighted by Crippen LogP contribution is -2.33. The Bertz CT molecular complexity index is 1450. The van der Waals surface area contributed by atoms with Gasteiger partial charge in [-0.25, -0.2) is 9.97 Å². The van der Waals surface area contributed by atoms with E-state index in [2.05, 4.69) is 25.7 Å². The Hall–Kier alpha value is -4.25. The van der Waals surface area contributed by atoms with Crippen LogP contribution in [-0.2, 0) is 11.8 Å². The minimum absolute atomic E-state index is 0.0223. The average Bonchev–Trinajstić information content (AvgIpc) is 3.48. The molecule has 3 heterocycles. The summed E-state index contributed by atoms with van der Waals surface area (Å²) in [6.07, 6.45) is 5.78. The molecular formula is C27H32N8O3. The standard InChI is InChI=1S/C27H32N8O3/c1-6-23(36)20-14-28-24(31-25-10-16(2)35(32-25)17-11-18(12-17)37-4)13-22(20)30-21-9-7-8-19(26(21)38-5)27-29-15-34(3)33-27/h7-10,13-15,17-18H,6,11-12H2,1-5H3,(H2,28,30,31,32)/t17-,18+. The quantitative estimate of drug-likeness (QED) is 0.286. The molecule has 0 radical (unpaired) electrons. The van der Waals surface area contributed by atoms with Crippen molar-refractivity contribution in [2.75, 3.05) is 24.9 Å². The summed E-state index contributed by atoms with van der Waals surface area (Å²) in [5.74, 6) is 2.35. The number of ether oxygens (including phenoxy) is 2. The molecule has 1 aliphatic carbocycles. The molecule has 2 N–H and O–H groups in total. The number of hydrogen-bond acceptors (Lipinski definition) is 9. The molecule has 3 aromatic heterocycles. The smallest absolute Gasteiger partial charge is 0.184 e. The number of nitrogens with zero attached hydrogens (tertiary/aromatic N) is 6. The molecule has 1 aliphatic rings. The van der Waals surface area contributed by atoms with Gasteiger partial charge in [-0.3, -0.25) is 14.2 Å². The molecule has 0 aliphatic heterocycles. The van der Waals surface area contributed by atoms with Crippen LogP contribution >= 0.6 is 0 Å². The van der Waals surface area contributed by atoms with Crippen molar-refractivity contribution < 1.29 is 14.3 Å². The van der Waals surface area contributed by atoms with Crippen molar-refractivity contribution in [3.63, 3.8) is 0 Å². The van der Waals surface area contributed by atoms with E-state index in [1.54, 1.807) is 31.4 Å². The SMILES string of the molecule is CCC(=O)c1cnc(Nc2cc(C)n([C@H]3C[C@@H](OC)C3)n2)cc1Nc1cccc(-c2ncn(C)n2)c1OC. The molecule has 0 saturated heterocycles. The molecule has 5 rings (SSSR count). The highest BCUT2D eigenvalue weighted by Gasteiger charge is 2.32. The van der Waals surface area contributed by atoms with Crippen molar-refractivity contribution in [2.45, 2.75) is 45.3 Å². The van der Waals surface area contributed by atoms with Crippen LogP contribution in [0.25, 0.3) is 11.4 Å². The van der Waals surface area contributed by atoms with E-state index in [1.807, 2.05) is 55.9 Å². The lowest BCUT2D eigenvalue weighted by Gasteiger charge is -2.34. The van der Waals surface area contributed by atoms with Crippen LogP contribution in [-0.4, -0.2) is 55.6 Å². The summed E-state index contributed by atoms with van der Waals surface area (Å²) < 4.78 is 14.8. The number of carbonyl (C=O) groups excluding carboxylic acids is 1. The Labute approximate surface area is 221 Å². The second kappa shape index (κ2) is 10.6. The first-order valence-corrected chi connectivity index (χ1v) is 12.6. The number of pyridine rings is 1. The average molecular weight is 517 g/mol. The molecule has 1 saturated carbocycles. The first kappa shape index (κ1) is 25.4. The maximum Gasteiger partial charge on any atom is 0.184 e. The maximum absolute atomic E-state index is 12.8. The molecule has 198 valence electrons. The largest absolute Gasteiger partial charge is 0.494 e. The third-order valence-corrected chi connectivity index (χ3v) is 6.78. The van der Waals surface area contributed by atoms with Gasteiger partial charge >= 0.3 is 0 Å². The number of Topliss-reactive ketones (excluding diaryl/α,β-unsaturated/α-hetero) is 1. The van der Waals surface area contributed by atoms with Gasteiger partial charge in [0.15, 0.2) is 23.2 Å². The number of methoxy groups -OCH3 is 2. The third-order valence-electron chi connectivity index (χ3n) is 6.78. The summed E-state index contributed by atoms with van der Waals surface area (Å²) in [5.41, 5.74) is 3.58. The van der Waals surface area contributed by atoms with E-state index in [1.165, 1.54) is 0 Å². The van der Waals surface area contributed by atoms with E-state index in [4.69, 9.17) is 14.6 Å². The molecule has 1 aromatic carbocycles. The van der Waals surface area contributed by atoms with Gasteiger partial charge in [0.1, 0.15) is 12.1 Å². The lowest BCUT2D eigenvalue weighted by molar-refractivity contribution is 0.00197. The summed E-state index contributed by atoms with van der Waals surface area (Å²) in [5, 5.41) is 15.8. The first-order chi connectivity index (χ1) is 18.4. The summed E-state index contributed by atoms with van der Waals surface area (Å²) in [6, 6.07) is 9.81. The molecule has 1 fully saturated rings. The predicted molar refractivity (Wildman–Crippen MR) is 144 cm³/mol. The number of carbonyl (C=O) groups is 1. The number of nitrogens with one attached hydrogen (secondary N) is 2. The van der Waals surface area contributed by atoms with E-state index in [-0.39, 0.29) is 5.78 Å². The van der Waals surface area contributed by atoms with Crippen LogP contribution < -0.4 is 15.4 Å². The summed E-state index contributed by atoms with van der Waals surface area (Å²) >= 11 is 0. The Kier molecular flexibility index (Phi) is 7.10. The van der Waals surface area contributed by atoms with Crippen LogP contribution in [0.3, 0.4) is 0 Å². The van der Waals surface area contributed by atoms with Crippen LogP contribution in [0.5, 0.6) is 5.75 Å². The molecule has 0 atom stereocenters. The molecule has 38 heavy (non-hydrogen) atoms. The monoisotopic (exact) mass is 516 g/mol. The summed E-state index contributed by atoms with van der Waals surface area (Å²) in [6.45, 7) is 3.87. The number of aromatic nitrogens is 6. The maximum atomic E-state index is 12.8. The van der Waals surface area contributed by atoms with Crippen molar-refractivity contribution in [1.29, 1.82) is 0 Å². The fraction of sp³-hybridized carbons (Fsp3) is 0.370. The van der Waals surface area contributed by atoms with E-state index < -0.39 is 0 Å². The van der Waals surface area contributed by atoms with Gasteiger partial charge in [-0.1, -0.05) is 13.0 Å². The highest BCUT2D eigenvalue weighted by atomic mass is 16.5. The molecule has 11 nitrogen and oxygen atoms in total. The fourth-order valence-corrected chi connectivity index (χ4v) is 4.66. The van der Waals surface area contributed by atoms with E-state index in [0.717, 1.165) is 24.1 Å². The van der Waals surface area contributed by atoms with Gasteiger partial charge in [-0.15, -0.1) is 0 Å². The van der Waals surface area contributed by atoms with Crippen molar-refractivity contribution in [2.24, 2.45) is 7.05 Å². The zero-order valence-corrected chi connectivity index (χ0v) is 22.2. The molecule has 4 aromatic rings. The minimum atomic E-state index is -0.0223. The third kappa shape index (κ3) is 4.97. The van der Waals surface area contributed by atoms with Crippen LogP contribution in [0.4, 0.5) is 23.0 Å². The number of aryl methyl sites for hydroxylation is 2. The van der Waals surface area contributed by atoms with Crippen molar-refractivity contribution in [3.8, 4) is 17.1 Å². The molecule has 0 spiro atoms. The van der Waals surface area contributed by atoms with Gasteiger partial charge < -0.3 is 20.1 Å². The second-order valence-corrected chi connectivity index (χ2v) is 9.37. The van der Waals surface area contributed by atoms with Crippen LogP contribution in [0.15, 0.2) is 42.9 Å². The zero-order valence-electron chi connectivity index (χ0n) is 22.2. The van der Waals surface area contributed by atoms with E-state index >= 15 is 0 Å². The first-order valence-electron chi connectivity index (χ1n) is 12.6. The van der Waals surface area contributed by atoms with Crippen LogP contribution in [0.2, 0.25) is 0 Å². The normalized spacial score (nSPS) is 16.7. The number of anilines is 4. The highest BCUT2D eigenvalue weighted by molar-refractivity contribution is 6.02. The minimum Gasteiger partial charge on any atom is -0.494 e. The van der Waals surface area contributed by atoms with Crippen LogP contribution in [0, 0.1) is 6.92 Å². The fourth-order valence-electron chi connectivity index (χ4n) is 4.66. The predicted octanol–water partition coefficient (Wildman–Crippen LogP) is 4.82. The zero-order chi connectivity index (χ0) is 26.8. The Morgan fingerprint density at radius 1 is 1.08 bits per heavy atom. The summed E-state index contributed by atoms with van der Waals surface area (Å²) in [4.78, 5) is 21.6. The topological polar surface area (TPSA) is 121 Å². The lowest BCUT2D eigenvalue weighted by atomic mass is 9.89. The van der Waals surface area contributed by atoms with Gasteiger partial charge in [0.05, 0.1) is 41.8 Å². The Balaban J connectivity index is 1.44. The molecular weight excluding hydrogens is 484 g/mol. The number of benzene rings is 1. The van der Waals surface area contributed by atoms with Gasteiger partial charge in [0.25, 0.3) is 0 Å². The Morgan fingerprint density at radius 2 is 1.89 bits per heavy atom. The number of rotatable bonds is 10. The molecule has 11 heteroatoms. The molecule has 0 bridgehead atoms. The highest BCUT2D eigenvalue weighted by Crippen LogP contribution is 2.38.